The lowest BCUT2D eigenvalue weighted by Gasteiger charge is -2.44. The van der Waals surface area contributed by atoms with Crippen LogP contribution in [0.25, 0.3) is 0 Å². The quantitative estimate of drug-likeness (QED) is 0.0115. The number of carbonyl (C=O) groups is 2. The van der Waals surface area contributed by atoms with E-state index >= 15 is 35.1 Å². The second kappa shape index (κ2) is 27.9. The Kier molecular flexibility index (Phi) is 22.2. The number of ketones is 2. The molecule has 0 aliphatic heterocycles. The first-order valence-electron chi connectivity index (χ1n) is 24.6. The Labute approximate surface area is 438 Å². The van der Waals surface area contributed by atoms with Crippen molar-refractivity contribution >= 4 is 39.6 Å². The maximum atomic E-state index is 15.4. The number of aromatic nitrogens is 2. The normalized spacial score (nSPS) is 11.6. The van der Waals surface area contributed by atoms with Gasteiger partial charge in [-0.05, 0) is 6.42 Å². The van der Waals surface area contributed by atoms with Gasteiger partial charge in [0.05, 0.1) is 6.20 Å². The molecule has 426 valence electrons. The molecule has 79 heavy (non-hydrogen) atoms. The lowest BCUT2D eigenvalue weighted by molar-refractivity contribution is -0.685. The number of rotatable bonds is 24. The summed E-state index contributed by atoms with van der Waals surface area (Å²) in [6.45, 7) is 2.43. The second-order valence-corrected chi connectivity index (χ2v) is 18.3. The summed E-state index contributed by atoms with van der Waals surface area (Å²) in [5, 5.41) is 0. The van der Waals surface area contributed by atoms with E-state index in [2.05, 4.69) is 11.9 Å². The lowest BCUT2D eigenvalue weighted by Crippen LogP contribution is -2.81. The van der Waals surface area contributed by atoms with Crippen LogP contribution in [0.1, 0.15) is 131 Å². The Bertz CT molecular complexity index is 2800. The van der Waals surface area contributed by atoms with Gasteiger partial charge in [0, 0.05) is 12.0 Å². The summed E-state index contributed by atoms with van der Waals surface area (Å²) < 4.78 is 296. The van der Waals surface area contributed by atoms with Crippen LogP contribution in [0.4, 0.5) is 87.8 Å². The van der Waals surface area contributed by atoms with E-state index in [4.69, 9.17) is 0 Å². The molecule has 0 fully saturated rings. The van der Waals surface area contributed by atoms with Gasteiger partial charge in [-0.1, -0.05) is 127 Å². The summed E-state index contributed by atoms with van der Waals surface area (Å²) in [5.74, 6) is -71.3. The van der Waals surface area contributed by atoms with Crippen LogP contribution >= 0.6 is 0 Å². The molecule has 0 unspecified atom stereocenters. The van der Waals surface area contributed by atoms with Crippen LogP contribution in [0.15, 0.2) is 48.9 Å². The third-order valence-electron chi connectivity index (χ3n) is 13.2. The molecule has 4 nitrogen and oxygen atoms in total. The van der Waals surface area contributed by atoms with Crippen molar-refractivity contribution in [3.63, 3.8) is 0 Å². The molecule has 0 radical (unpaired) electrons. The molecule has 0 spiro atoms. The molecule has 0 amide bonds. The fourth-order valence-electron chi connectivity index (χ4n) is 9.29. The van der Waals surface area contributed by atoms with E-state index < -0.39 is 144 Å². The number of carbonyl (C=O) groups excluding carboxylic acids is 2. The third kappa shape index (κ3) is 13.1. The lowest BCUT2D eigenvalue weighted by atomic mass is 9.12. The van der Waals surface area contributed by atoms with Gasteiger partial charge < -0.3 is 0 Å². The van der Waals surface area contributed by atoms with Gasteiger partial charge in [0.25, 0.3) is 5.69 Å². The van der Waals surface area contributed by atoms with E-state index in [1.54, 1.807) is 35.3 Å². The molecule has 5 aromatic carbocycles. The maximum Gasteiger partial charge on any atom is 0.267 e. The summed E-state index contributed by atoms with van der Waals surface area (Å²) in [7, 11) is 0. The first-order valence-corrected chi connectivity index (χ1v) is 24.6. The van der Waals surface area contributed by atoms with Gasteiger partial charge in [-0.25, -0.2) is 87.8 Å². The van der Waals surface area contributed by atoms with E-state index in [0.29, 0.717) is 17.7 Å². The highest BCUT2D eigenvalue weighted by Gasteiger charge is 2.52. The average molecular weight is 1140 g/mol. The number of Topliss-reactive ketones (excluding diaryl/α,β-unsaturated/α-hetero) is 2. The van der Waals surface area contributed by atoms with Gasteiger partial charge in [0.15, 0.2) is 76.0 Å². The number of benzene rings is 5. The van der Waals surface area contributed by atoms with Crippen molar-refractivity contribution in [2.45, 2.75) is 116 Å². The predicted molar refractivity (Wildman–Crippen MR) is 248 cm³/mol. The Hall–Kier alpha value is -6.82. The van der Waals surface area contributed by atoms with Crippen LogP contribution in [0.3, 0.4) is 0 Å². The molecular formula is C54H45BF20N2O2. The molecular weight excluding hydrogens is 1100 g/mol. The Morgan fingerprint density at radius 1 is 0.380 bits per heavy atom. The molecule has 1 heterocycles. The van der Waals surface area contributed by atoms with Gasteiger partial charge >= 0.3 is 0 Å². The summed E-state index contributed by atoms with van der Waals surface area (Å²) in [4.78, 5) is 29.4. The molecule has 25 heteroatoms. The van der Waals surface area contributed by atoms with Crippen LogP contribution in [0, 0.1) is 116 Å². The molecule has 0 atom stereocenters. The summed E-state index contributed by atoms with van der Waals surface area (Å²) in [6.07, 6.45) is 17.9. The van der Waals surface area contributed by atoms with Gasteiger partial charge in [-0.3, -0.25) is 14.6 Å². The van der Waals surface area contributed by atoms with Crippen molar-refractivity contribution < 1.29 is 102 Å². The summed E-state index contributed by atoms with van der Waals surface area (Å²) >= 11 is 0. The molecule has 0 saturated heterocycles. The van der Waals surface area contributed by atoms with Crippen molar-refractivity contribution in [2.75, 3.05) is 0 Å². The van der Waals surface area contributed by atoms with Gasteiger partial charge in [-0.2, -0.15) is 4.57 Å². The highest BCUT2D eigenvalue weighted by molar-refractivity contribution is 7.20. The van der Waals surface area contributed by atoms with Crippen molar-refractivity contribution in [2.24, 2.45) is 0 Å². The largest absolute Gasteiger partial charge is 0.287 e. The first-order chi connectivity index (χ1) is 37.4. The van der Waals surface area contributed by atoms with Crippen LogP contribution < -0.4 is 26.4 Å². The highest BCUT2D eigenvalue weighted by atomic mass is 19.2. The van der Waals surface area contributed by atoms with E-state index in [0.717, 1.165) is 12.8 Å². The van der Waals surface area contributed by atoms with Crippen LogP contribution in [0.2, 0.25) is 0 Å². The fraction of sp³-hybridized carbons (Fsp3) is 0.333. The van der Waals surface area contributed by atoms with Gasteiger partial charge in [0.1, 0.15) is 58.9 Å². The Morgan fingerprint density at radius 3 is 0.962 bits per heavy atom. The molecule has 0 bridgehead atoms. The van der Waals surface area contributed by atoms with Crippen LogP contribution in [-0.4, -0.2) is 22.7 Å². The molecule has 0 aliphatic rings. The number of unbranched alkanes of at least 4 members (excludes halogenated alkanes) is 14. The zero-order chi connectivity index (χ0) is 58.6. The standard InChI is InChI=1S/C30H45N2O2.C24BF20/c1-2-3-4-5-6-7-8-9-10-11-12-13-14-15-19-22-29(33)28-25-31-23-24-32(28)26-30(34)27-20-17-16-18-21-27;26-5-1(6(27)14(35)21(42)13(5)34)25(2-7(28)15(36)22(43)16(37)8(2)29,3-9(30)17(38)23(44)18(39)10(3)31)4-11(32)19(40)24(45)20(41)12(4)33/h16-18,20-21,23-25H,2-15,19,22,26H2,1H3;/q+1;-1. The van der Waals surface area contributed by atoms with Crippen molar-refractivity contribution in [1.29, 1.82) is 0 Å². The summed E-state index contributed by atoms with van der Waals surface area (Å²) in [5.41, 5.74) is -13.1. The van der Waals surface area contributed by atoms with Crippen molar-refractivity contribution in [3.05, 3.63) is 177 Å². The van der Waals surface area contributed by atoms with E-state index in [1.165, 1.54) is 83.5 Å². The molecule has 6 aromatic rings. The minimum absolute atomic E-state index is 0.00202. The molecule has 6 rings (SSSR count). The number of hydrogen-bond acceptors (Lipinski definition) is 3. The molecule has 1 aromatic heterocycles. The molecule has 0 saturated carbocycles. The minimum atomic E-state index is -7.22. The van der Waals surface area contributed by atoms with Gasteiger partial charge in [-0.15, -0.1) is 21.9 Å². The fourth-order valence-corrected chi connectivity index (χ4v) is 9.29. The average Bonchev–Trinajstić information content (AvgIpc) is 3.56. The van der Waals surface area contributed by atoms with Crippen molar-refractivity contribution in [1.82, 2.24) is 4.98 Å². The van der Waals surface area contributed by atoms with Gasteiger partial charge in [0.2, 0.25) is 18.1 Å². The highest BCUT2D eigenvalue weighted by Crippen LogP contribution is 2.31. The van der Waals surface area contributed by atoms with E-state index in [1.807, 2.05) is 18.2 Å². The van der Waals surface area contributed by atoms with E-state index in [9.17, 15) is 62.3 Å². The number of halogens is 20. The molecule has 0 N–H and O–H groups in total. The van der Waals surface area contributed by atoms with Crippen LogP contribution in [0.5, 0.6) is 0 Å². The zero-order valence-corrected chi connectivity index (χ0v) is 41.5. The predicted octanol–water partition coefficient (Wildman–Crippen LogP) is 13.5. The van der Waals surface area contributed by atoms with E-state index in [-0.39, 0.29) is 18.1 Å². The first kappa shape index (κ1) is 63.0. The zero-order valence-electron chi connectivity index (χ0n) is 41.5. The maximum absolute atomic E-state index is 15.4. The second-order valence-electron chi connectivity index (χ2n) is 18.3. The van der Waals surface area contributed by atoms with Crippen LogP contribution in [-0.2, 0) is 6.54 Å². The van der Waals surface area contributed by atoms with Crippen molar-refractivity contribution in [3.8, 4) is 0 Å². The Morgan fingerprint density at radius 2 is 0.658 bits per heavy atom. The summed E-state index contributed by atoms with van der Waals surface area (Å²) in [6, 6.07) is 9.21. The Balaban J connectivity index is 0.000000303. The molecule has 0 aliphatic carbocycles. The smallest absolute Gasteiger partial charge is 0.267 e. The topological polar surface area (TPSA) is 50.9 Å². The monoisotopic (exact) mass is 1140 g/mol. The number of nitrogens with zero attached hydrogens (tertiary/aromatic N) is 2. The SMILES string of the molecule is CCCCCCCCCCCCCCCCCC(=O)c1cncc[n+]1CC(=O)c1ccccc1.Fc1c(F)c(F)c([B-](c2c(F)c(F)c(F)c(F)c2F)(c2c(F)c(F)c(F)c(F)c2F)c2c(F)c(F)c(F)c(F)c2F)c(F)c1F. The third-order valence-corrected chi connectivity index (χ3v) is 13.2. The minimum Gasteiger partial charge on any atom is -0.287 e. The number of hydrogen-bond donors (Lipinski definition) is 0.